The summed E-state index contributed by atoms with van der Waals surface area (Å²) in [4.78, 5) is 54.6. The Balaban J connectivity index is 0.000000233. The second kappa shape index (κ2) is 48.9. The van der Waals surface area contributed by atoms with Gasteiger partial charge < -0.3 is 110 Å². The van der Waals surface area contributed by atoms with E-state index >= 15 is 0 Å². The summed E-state index contributed by atoms with van der Waals surface area (Å²) in [5.74, 6) is -2.69. The highest BCUT2D eigenvalue weighted by molar-refractivity contribution is 5.80. The number of aliphatic hydroxyl groups is 4. The molecule has 0 saturated carbocycles. The van der Waals surface area contributed by atoms with Gasteiger partial charge in [-0.15, -0.1) is 0 Å². The number of esters is 2. The van der Waals surface area contributed by atoms with Gasteiger partial charge in [-0.05, 0) is 151 Å². The van der Waals surface area contributed by atoms with Gasteiger partial charge in [-0.2, -0.15) is 0 Å². The van der Waals surface area contributed by atoms with Crippen LogP contribution in [0.15, 0.2) is 119 Å². The molecule has 3 aliphatic carbocycles. The third-order valence-electron chi connectivity index (χ3n) is 33.2. The molecule has 0 aromatic carbocycles. The monoisotopic (exact) mass is 1940 g/mol. The van der Waals surface area contributed by atoms with Gasteiger partial charge in [0.2, 0.25) is 0 Å². The van der Waals surface area contributed by atoms with Crippen molar-refractivity contribution < 1.29 is 130 Å². The van der Waals surface area contributed by atoms with E-state index in [-0.39, 0.29) is 115 Å². The van der Waals surface area contributed by atoms with Crippen molar-refractivity contribution in [3.05, 3.63) is 119 Å². The summed E-state index contributed by atoms with van der Waals surface area (Å²) in [7, 11) is 6.73. The van der Waals surface area contributed by atoms with Crippen molar-refractivity contribution >= 4 is 23.5 Å². The highest BCUT2D eigenvalue weighted by Gasteiger charge is 2.63. The zero-order valence-electron chi connectivity index (χ0n) is 86.7. The zero-order chi connectivity index (χ0) is 99.6. The molecular formula is C111H170O27. The lowest BCUT2D eigenvalue weighted by Gasteiger charge is -2.48. The van der Waals surface area contributed by atoms with Crippen LogP contribution in [0.2, 0.25) is 0 Å². The van der Waals surface area contributed by atoms with Crippen LogP contribution in [0.3, 0.4) is 0 Å². The van der Waals surface area contributed by atoms with Crippen molar-refractivity contribution in [2.24, 2.45) is 65.1 Å². The van der Waals surface area contributed by atoms with E-state index in [9.17, 15) is 39.6 Å². The Bertz CT molecular complexity index is 4350. The number of unbranched alkanes of at least 4 members (excludes halogenated alkanes) is 4. The standard InChI is InChI=1S/C57H88O13.C54H82O14/c1-12-14-15-16-20-41(58)26-44-38(8)65-49(28-47(44)62-10)69-53-39(9)66-50(29-48(53)63-11)68-52-35(5)18-17-19-40-32-64-54-51(59)37(7)25-46(57(40,54)61)55(60)67-43-27-42(22-21-36(52)6)70-56(30-43)24-23-34(4)45(31-56)33(3)13-2;1-12-14-18-38(55)24-41-35(8)62-45(26-43(41)59-10)66-50-36(9)63-46(27-44(50)60-11)65-48-31(4)16-15-17-37-29-61-51-47(56)34(7)23-42(54(37,51)58)52(57)64-40-25-39(20-19-32(48)5)67-53(28-40)22-21-33(6)49(68-53)30(3)13-2/h17-19,21,23-25,33-35,38-39,42-54,59,61H,12-16,20,22,26-32H2,1-11H3;15-17,19,21-23,30-31,33,35-36,39-51,56,58H,12-14,18,20,24-29H2,1-11H3/b18-17+,36-21+,40-19+;16-15+,32-19+,37-17+/t33-,34-,35-,38-,39-,42+,43?,44+,45+,46-,47-,48-,49-,50-,51+,52-,53-,54+,56-,57+;30-,31-,33-,35-,36-,39+,40-,41+,42-,43-,44-,45-,46-,47+,48-,49+,50-,51+,53+,54+/m00/s1. The molecule has 0 radical (unpaired) electrons. The highest BCUT2D eigenvalue weighted by atomic mass is 16.7. The van der Waals surface area contributed by atoms with Crippen molar-refractivity contribution in [1.82, 2.24) is 0 Å². The van der Waals surface area contributed by atoms with Crippen LogP contribution < -0.4 is 0 Å². The smallest absolute Gasteiger partial charge is 0.316 e. The summed E-state index contributed by atoms with van der Waals surface area (Å²) in [5, 5.41) is 47.7. The molecule has 2 spiro atoms. The summed E-state index contributed by atoms with van der Waals surface area (Å²) in [5.41, 5.74) is -0.230. The van der Waals surface area contributed by atoms with Crippen molar-refractivity contribution in [2.75, 3.05) is 41.7 Å². The first-order chi connectivity index (χ1) is 65.9. The minimum atomic E-state index is -1.84. The fraction of sp³-hybridized carbons (Fsp3) is 0.784. The zero-order valence-corrected chi connectivity index (χ0v) is 86.7. The first-order valence-corrected chi connectivity index (χ1v) is 52.6. The maximum Gasteiger partial charge on any atom is 0.316 e. The van der Waals surface area contributed by atoms with Gasteiger partial charge in [0, 0.05) is 135 Å². The van der Waals surface area contributed by atoms with Crippen LogP contribution in [0.4, 0.5) is 0 Å². The number of ketones is 2. The maximum absolute atomic E-state index is 14.5. The van der Waals surface area contributed by atoms with Crippen molar-refractivity contribution in [1.29, 1.82) is 0 Å². The number of methoxy groups -OCH3 is 4. The second-order valence-corrected chi connectivity index (χ2v) is 43.2. The van der Waals surface area contributed by atoms with E-state index in [0.29, 0.717) is 130 Å². The molecule has 27 nitrogen and oxygen atoms in total. The Labute approximate surface area is 822 Å². The molecule has 8 saturated heterocycles. The van der Waals surface area contributed by atoms with Gasteiger partial charge in [-0.3, -0.25) is 19.2 Å². The number of fused-ring (bicyclic) bond motifs is 4. The summed E-state index contributed by atoms with van der Waals surface area (Å²) >= 11 is 0. The van der Waals surface area contributed by atoms with E-state index in [1.165, 1.54) is 0 Å². The van der Waals surface area contributed by atoms with Gasteiger partial charge >= 0.3 is 11.9 Å². The molecule has 4 N–H and O–H groups in total. The summed E-state index contributed by atoms with van der Waals surface area (Å²) < 4.78 is 124. The first-order valence-electron chi connectivity index (χ1n) is 52.6. The lowest BCUT2D eigenvalue weighted by molar-refractivity contribution is -0.315. The van der Waals surface area contributed by atoms with E-state index in [4.69, 9.17) is 90.0 Å². The fourth-order valence-corrected chi connectivity index (χ4v) is 24.4. The average molecular weight is 1940 g/mol. The van der Waals surface area contributed by atoms with Crippen LogP contribution in [0.5, 0.6) is 0 Å². The molecule has 138 heavy (non-hydrogen) atoms. The molecule has 0 amide bonds. The first kappa shape index (κ1) is 110. The number of rotatable bonds is 28. The second-order valence-electron chi connectivity index (χ2n) is 43.2. The van der Waals surface area contributed by atoms with E-state index < -0.39 is 145 Å². The highest BCUT2D eigenvalue weighted by Crippen LogP contribution is 2.52. The number of carbonyl (C=O) groups is 4. The molecule has 11 heterocycles. The molecule has 14 rings (SSSR count). The van der Waals surface area contributed by atoms with Gasteiger partial charge in [-0.25, -0.2) is 0 Å². The topological polar surface area (TPSA) is 325 Å². The Hall–Kier alpha value is -5.16. The fourth-order valence-electron chi connectivity index (χ4n) is 24.4. The van der Waals surface area contributed by atoms with E-state index in [1.807, 2.05) is 64.2 Å². The SMILES string of the molecule is CCCCC(=O)C[C@@H]1[C@H](C)O[C@@H](O[C@H]2[C@H](C)O[C@@H](O[C@@H]3/C(C)=C/C[C@@H]4C[C@@H](C[C@]5(C=C[C@H](C)[C@@H]([C@@H](C)CC)O5)O4)OC(=O)[C@@H]4C=C(C)[C@@H](O)[C@H]5OC/C(=C\C=C\[C@@H]3C)[C@]54O)C[C@@H]2OC)C[C@@H]1OC.CCCCCCC(=O)C[C@@H]1[C@H](C)O[C@@H](O[C@H]2[C@H](C)O[C@@H](O[C@@H]3/C(C)=C/C[C@@H]4CC(C[C@]5(C=C[C@H](C)[C@@H]([C@@H](C)CC)C5)O4)OC(=O)[C@@H]4C=C(C)[C@@H](O)[C@H]5OC/C(=C\C=C\[C@@H]3C)[C@]54O)C[C@@H]2OC)C[C@@H]1OC. The van der Waals surface area contributed by atoms with E-state index in [2.05, 4.69) is 113 Å². The Kier molecular flexibility index (Phi) is 39.0. The number of allylic oxidation sites excluding steroid dienone is 5. The third kappa shape index (κ3) is 25.4. The van der Waals surface area contributed by atoms with Gasteiger partial charge in [0.1, 0.15) is 83.4 Å². The number of ether oxygens (including phenoxy) is 19. The van der Waals surface area contributed by atoms with Gasteiger partial charge in [0.25, 0.3) is 0 Å². The molecule has 4 bridgehead atoms. The number of hydrogen-bond donors (Lipinski definition) is 4. The number of aliphatic hydroxyl groups excluding tert-OH is 2. The van der Waals surface area contributed by atoms with Crippen molar-refractivity contribution in [3.63, 3.8) is 0 Å². The molecule has 40 atom stereocenters. The minimum Gasteiger partial charge on any atom is -0.462 e. The molecule has 27 heteroatoms. The Morgan fingerprint density at radius 2 is 0.899 bits per heavy atom. The molecular weight excluding hydrogens is 1770 g/mol. The van der Waals surface area contributed by atoms with Crippen LogP contribution in [-0.4, -0.2) is 262 Å². The van der Waals surface area contributed by atoms with Crippen LogP contribution in [0.25, 0.3) is 0 Å². The molecule has 8 fully saturated rings. The quantitative estimate of drug-likeness (QED) is 0.0321. The van der Waals surface area contributed by atoms with E-state index in [1.54, 1.807) is 60.5 Å². The largest absolute Gasteiger partial charge is 0.462 e. The van der Waals surface area contributed by atoms with Crippen LogP contribution in [0.1, 0.15) is 272 Å². The lowest BCUT2D eigenvalue weighted by atomic mass is 9.68. The predicted octanol–water partition coefficient (Wildman–Crippen LogP) is 17.0. The van der Waals surface area contributed by atoms with Gasteiger partial charge in [0.05, 0.1) is 98.2 Å². The predicted molar refractivity (Wildman–Crippen MR) is 520 cm³/mol. The molecule has 776 valence electrons. The Morgan fingerprint density at radius 3 is 1.36 bits per heavy atom. The lowest BCUT2D eigenvalue weighted by Crippen LogP contribution is -2.58. The Morgan fingerprint density at radius 1 is 0.464 bits per heavy atom. The molecule has 1 unspecified atom stereocenters. The number of carbonyl (C=O) groups excluding carboxylic acids is 4. The molecule has 14 aliphatic rings. The van der Waals surface area contributed by atoms with Crippen LogP contribution in [0, 0.1) is 65.1 Å². The normalized spacial score (nSPS) is 45.3. The summed E-state index contributed by atoms with van der Waals surface area (Å²) in [6, 6.07) is 0. The summed E-state index contributed by atoms with van der Waals surface area (Å²) in [6.07, 6.45) is 30.4. The van der Waals surface area contributed by atoms with Gasteiger partial charge in [-0.1, -0.05) is 187 Å². The molecule has 0 aromatic heterocycles. The maximum atomic E-state index is 14.5. The van der Waals surface area contributed by atoms with Crippen LogP contribution in [-0.2, 0) is 109 Å². The molecule has 0 aromatic rings. The van der Waals surface area contributed by atoms with Crippen molar-refractivity contribution in [2.45, 2.75) is 448 Å². The van der Waals surface area contributed by atoms with E-state index in [0.717, 1.165) is 68.9 Å². The number of Topliss-reactive ketones (excluding diaryl/α,β-unsaturated/α-hetero) is 2. The van der Waals surface area contributed by atoms with Crippen LogP contribution >= 0.6 is 0 Å². The minimum absolute atomic E-state index is 0.0304. The number of hydrogen-bond acceptors (Lipinski definition) is 27. The average Bonchev–Trinajstić information content (AvgIpc) is 1.57. The third-order valence-corrected chi connectivity index (χ3v) is 33.2. The van der Waals surface area contributed by atoms with Gasteiger partial charge in [0.15, 0.2) is 30.9 Å². The van der Waals surface area contributed by atoms with Crippen molar-refractivity contribution in [3.8, 4) is 0 Å². The molecule has 11 aliphatic heterocycles. The summed E-state index contributed by atoms with van der Waals surface area (Å²) in [6.45, 7) is 37.4.